The lowest BCUT2D eigenvalue weighted by Gasteiger charge is -2.06. The van der Waals surface area contributed by atoms with Crippen LogP contribution >= 0.6 is 11.8 Å². The van der Waals surface area contributed by atoms with Gasteiger partial charge in [-0.15, -0.1) is 0 Å². The van der Waals surface area contributed by atoms with Crippen molar-refractivity contribution < 1.29 is 13.2 Å². The minimum absolute atomic E-state index is 0.114. The minimum atomic E-state index is -0.542. The highest BCUT2D eigenvalue weighted by Gasteiger charge is 2.07. The van der Waals surface area contributed by atoms with Gasteiger partial charge in [0.2, 0.25) is 0 Å². The van der Waals surface area contributed by atoms with Crippen molar-refractivity contribution in [3.8, 4) is 0 Å². The zero-order valence-electron chi connectivity index (χ0n) is 9.29. The number of nitrogens with two attached hydrogens (primary N) is 1. The van der Waals surface area contributed by atoms with E-state index in [0.29, 0.717) is 10.5 Å². The smallest absolute Gasteiger partial charge is 0.137 e. The Balaban J connectivity index is 2.33. The maximum absolute atomic E-state index is 13.4. The number of hydrogen-bond donors (Lipinski definition) is 1. The van der Waals surface area contributed by atoms with E-state index in [9.17, 15) is 13.2 Å². The molecule has 2 aromatic carbocycles. The van der Waals surface area contributed by atoms with Gasteiger partial charge in [0.1, 0.15) is 17.5 Å². The topological polar surface area (TPSA) is 26.0 Å². The summed E-state index contributed by atoms with van der Waals surface area (Å²) in [5.74, 6) is -1.52. The largest absolute Gasteiger partial charge is 0.326 e. The lowest BCUT2D eigenvalue weighted by molar-refractivity contribution is 0.577. The summed E-state index contributed by atoms with van der Waals surface area (Å²) >= 11 is 0.962. The molecule has 2 rings (SSSR count). The predicted octanol–water partition coefficient (Wildman–Crippen LogP) is 3.71. The normalized spacial score (nSPS) is 10.7. The van der Waals surface area contributed by atoms with E-state index in [-0.39, 0.29) is 11.4 Å². The summed E-state index contributed by atoms with van der Waals surface area (Å²) in [5.41, 5.74) is 6.03. The molecule has 94 valence electrons. The van der Waals surface area contributed by atoms with Crippen LogP contribution in [0.5, 0.6) is 0 Å². The molecule has 0 aliphatic carbocycles. The van der Waals surface area contributed by atoms with E-state index in [0.717, 1.165) is 30.0 Å². The van der Waals surface area contributed by atoms with E-state index in [1.165, 1.54) is 12.1 Å². The zero-order chi connectivity index (χ0) is 13.1. The predicted molar refractivity (Wildman–Crippen MR) is 64.8 cm³/mol. The van der Waals surface area contributed by atoms with Gasteiger partial charge in [-0.25, -0.2) is 13.2 Å². The molecule has 5 heteroatoms. The second-order valence-electron chi connectivity index (χ2n) is 3.68. The first-order valence-electron chi connectivity index (χ1n) is 5.21. The monoisotopic (exact) mass is 269 g/mol. The minimum Gasteiger partial charge on any atom is -0.326 e. The van der Waals surface area contributed by atoms with Crippen LogP contribution in [0.25, 0.3) is 0 Å². The molecular weight excluding hydrogens is 259 g/mol. The Labute approximate surface area is 107 Å². The van der Waals surface area contributed by atoms with E-state index >= 15 is 0 Å². The van der Waals surface area contributed by atoms with Crippen LogP contribution in [0.1, 0.15) is 5.56 Å². The molecule has 0 unspecified atom stereocenters. The SMILES string of the molecule is NCc1cc(F)cc(Sc2cc(F)ccc2F)c1. The first-order chi connectivity index (χ1) is 8.58. The van der Waals surface area contributed by atoms with Gasteiger partial charge in [-0.2, -0.15) is 0 Å². The molecule has 0 bridgehead atoms. The van der Waals surface area contributed by atoms with E-state index in [2.05, 4.69) is 0 Å². The summed E-state index contributed by atoms with van der Waals surface area (Å²) in [4.78, 5) is 0.600. The highest BCUT2D eigenvalue weighted by Crippen LogP contribution is 2.31. The Hall–Kier alpha value is -1.46. The van der Waals surface area contributed by atoms with Gasteiger partial charge in [0.25, 0.3) is 0 Å². The summed E-state index contributed by atoms with van der Waals surface area (Å²) in [7, 11) is 0. The van der Waals surface area contributed by atoms with Crippen molar-refractivity contribution in [2.45, 2.75) is 16.3 Å². The third kappa shape index (κ3) is 3.05. The Morgan fingerprint density at radius 3 is 2.44 bits per heavy atom. The molecule has 0 aliphatic rings. The summed E-state index contributed by atoms with van der Waals surface area (Å²) in [6.45, 7) is 0.191. The Morgan fingerprint density at radius 1 is 0.944 bits per heavy atom. The quantitative estimate of drug-likeness (QED) is 0.919. The summed E-state index contributed by atoms with van der Waals surface area (Å²) in [6.07, 6.45) is 0. The maximum Gasteiger partial charge on any atom is 0.137 e. The average Bonchev–Trinajstić information content (AvgIpc) is 2.33. The van der Waals surface area contributed by atoms with Crippen LogP contribution in [0.15, 0.2) is 46.2 Å². The van der Waals surface area contributed by atoms with Gasteiger partial charge in [-0.3, -0.25) is 0 Å². The molecule has 2 aromatic rings. The molecular formula is C13H10F3NS. The summed E-state index contributed by atoms with van der Waals surface area (Å²) < 4.78 is 39.7. The second-order valence-corrected chi connectivity index (χ2v) is 4.79. The molecule has 0 heterocycles. The third-order valence-corrected chi connectivity index (χ3v) is 3.29. The third-order valence-electron chi connectivity index (χ3n) is 2.29. The van der Waals surface area contributed by atoms with Crippen molar-refractivity contribution >= 4 is 11.8 Å². The fourth-order valence-corrected chi connectivity index (χ4v) is 2.45. The molecule has 0 aromatic heterocycles. The second kappa shape index (κ2) is 5.46. The van der Waals surface area contributed by atoms with Crippen LogP contribution in [0.2, 0.25) is 0 Å². The van der Waals surface area contributed by atoms with Crippen LogP contribution in [0.3, 0.4) is 0 Å². The Morgan fingerprint density at radius 2 is 1.72 bits per heavy atom. The van der Waals surface area contributed by atoms with Crippen LogP contribution < -0.4 is 5.73 Å². The molecule has 1 nitrogen and oxygen atoms in total. The lowest BCUT2D eigenvalue weighted by Crippen LogP contribution is -1.97. The molecule has 0 amide bonds. The van der Waals surface area contributed by atoms with E-state index in [1.54, 1.807) is 6.07 Å². The molecule has 2 N–H and O–H groups in total. The fraction of sp³-hybridized carbons (Fsp3) is 0.0769. The Kier molecular flexibility index (Phi) is 3.93. The number of benzene rings is 2. The Bertz CT molecular complexity index is 572. The lowest BCUT2D eigenvalue weighted by atomic mass is 10.2. The zero-order valence-corrected chi connectivity index (χ0v) is 10.1. The molecule has 0 fully saturated rings. The number of hydrogen-bond acceptors (Lipinski definition) is 2. The van der Waals surface area contributed by atoms with Gasteiger partial charge in [-0.1, -0.05) is 11.8 Å². The van der Waals surface area contributed by atoms with Crippen LogP contribution in [0, 0.1) is 17.5 Å². The molecule has 0 atom stereocenters. The highest BCUT2D eigenvalue weighted by atomic mass is 32.2. The molecule has 0 saturated carbocycles. The van der Waals surface area contributed by atoms with Crippen LogP contribution in [-0.2, 0) is 6.54 Å². The average molecular weight is 269 g/mol. The number of rotatable bonds is 3. The molecule has 0 radical (unpaired) electrons. The maximum atomic E-state index is 13.4. The van der Waals surface area contributed by atoms with Gasteiger partial charge < -0.3 is 5.73 Å². The molecule has 0 aliphatic heterocycles. The van der Waals surface area contributed by atoms with Gasteiger partial charge in [0.05, 0.1) is 4.90 Å². The molecule has 18 heavy (non-hydrogen) atoms. The van der Waals surface area contributed by atoms with Gasteiger partial charge >= 0.3 is 0 Å². The fourth-order valence-electron chi connectivity index (χ4n) is 1.48. The number of halogens is 3. The standard InChI is InChI=1S/C13H10F3NS/c14-9-1-2-12(16)13(6-9)18-11-4-8(7-17)3-10(15)5-11/h1-6H,7,17H2. The van der Waals surface area contributed by atoms with Crippen molar-refractivity contribution in [1.29, 1.82) is 0 Å². The molecule has 0 saturated heterocycles. The van der Waals surface area contributed by atoms with Crippen molar-refractivity contribution in [2.24, 2.45) is 5.73 Å². The van der Waals surface area contributed by atoms with Gasteiger partial charge in [0.15, 0.2) is 0 Å². The van der Waals surface area contributed by atoms with Crippen molar-refractivity contribution in [3.05, 3.63) is 59.4 Å². The van der Waals surface area contributed by atoms with Gasteiger partial charge in [-0.05, 0) is 42.0 Å². The van der Waals surface area contributed by atoms with Crippen molar-refractivity contribution in [1.82, 2.24) is 0 Å². The van der Waals surface area contributed by atoms with E-state index in [4.69, 9.17) is 5.73 Å². The van der Waals surface area contributed by atoms with Crippen LogP contribution in [0.4, 0.5) is 13.2 Å². The first kappa shape index (κ1) is 13.0. The summed E-state index contributed by atoms with van der Waals surface area (Å²) in [5, 5.41) is 0. The summed E-state index contributed by atoms with van der Waals surface area (Å²) in [6, 6.07) is 7.38. The van der Waals surface area contributed by atoms with Gasteiger partial charge in [0, 0.05) is 11.4 Å². The molecule has 0 spiro atoms. The first-order valence-corrected chi connectivity index (χ1v) is 6.02. The van der Waals surface area contributed by atoms with Crippen LogP contribution in [-0.4, -0.2) is 0 Å². The van der Waals surface area contributed by atoms with E-state index in [1.807, 2.05) is 0 Å². The van der Waals surface area contributed by atoms with E-state index < -0.39 is 17.5 Å². The van der Waals surface area contributed by atoms with Crippen molar-refractivity contribution in [2.75, 3.05) is 0 Å². The van der Waals surface area contributed by atoms with Crippen molar-refractivity contribution in [3.63, 3.8) is 0 Å². The highest BCUT2D eigenvalue weighted by molar-refractivity contribution is 7.99.